The van der Waals surface area contributed by atoms with Gasteiger partial charge in [0.2, 0.25) is 5.43 Å². The number of aryl methyl sites for hydroxylation is 1. The molecule has 0 atom stereocenters. The van der Waals surface area contributed by atoms with E-state index in [9.17, 15) is 14.4 Å². The lowest BCUT2D eigenvalue weighted by Gasteiger charge is -2.15. The molecule has 4 rings (SSSR count). The Morgan fingerprint density at radius 2 is 1.91 bits per heavy atom. The highest BCUT2D eigenvalue weighted by molar-refractivity contribution is 7.09. The molecule has 0 saturated heterocycles. The van der Waals surface area contributed by atoms with Crippen LogP contribution in [-0.4, -0.2) is 33.5 Å². The predicted octanol–water partition coefficient (Wildman–Crippen LogP) is 2.80. The molecule has 0 fully saturated rings. The van der Waals surface area contributed by atoms with Gasteiger partial charge in [-0.15, -0.1) is 11.3 Å². The van der Waals surface area contributed by atoms with E-state index in [0.29, 0.717) is 35.5 Å². The van der Waals surface area contributed by atoms with Crippen molar-refractivity contribution in [3.63, 3.8) is 0 Å². The molecule has 4 aromatic rings. The summed E-state index contributed by atoms with van der Waals surface area (Å²) in [5, 5.41) is 8.33. The van der Waals surface area contributed by atoms with Gasteiger partial charge in [-0.3, -0.25) is 14.6 Å². The molecule has 11 heteroatoms. The van der Waals surface area contributed by atoms with Gasteiger partial charge in [0, 0.05) is 35.9 Å². The van der Waals surface area contributed by atoms with E-state index in [0.717, 1.165) is 10.4 Å². The predicted molar refractivity (Wildman–Crippen MR) is 133 cm³/mol. The van der Waals surface area contributed by atoms with Gasteiger partial charge in [-0.25, -0.2) is 9.78 Å². The second kappa shape index (κ2) is 9.71. The monoisotopic (exact) mass is 477 g/mol. The van der Waals surface area contributed by atoms with Crippen molar-refractivity contribution in [1.29, 1.82) is 0 Å². The quantitative estimate of drug-likeness (QED) is 0.336. The van der Waals surface area contributed by atoms with Gasteiger partial charge in [0.25, 0.3) is 5.91 Å². The molecule has 10 nitrogen and oxygen atoms in total. The number of fused-ring (bicyclic) bond motifs is 1. The number of urea groups is 1. The number of nitrogens with one attached hydrogen (secondary N) is 3. The lowest BCUT2D eigenvalue weighted by Crippen LogP contribution is -2.30. The van der Waals surface area contributed by atoms with E-state index in [-0.39, 0.29) is 17.4 Å². The van der Waals surface area contributed by atoms with Crippen LogP contribution in [0.5, 0.6) is 0 Å². The number of thiazole rings is 1. The average Bonchev–Trinajstić information content (AvgIpc) is 3.37. The van der Waals surface area contributed by atoms with E-state index in [1.54, 1.807) is 40.5 Å². The van der Waals surface area contributed by atoms with Gasteiger partial charge in [0.15, 0.2) is 0 Å². The van der Waals surface area contributed by atoms with Crippen LogP contribution in [0.1, 0.15) is 22.2 Å². The number of benzene rings is 1. The van der Waals surface area contributed by atoms with Gasteiger partial charge in [0.05, 0.1) is 23.1 Å². The molecule has 0 spiro atoms. The second-order valence-electron chi connectivity index (χ2n) is 7.33. The maximum atomic E-state index is 12.9. The van der Waals surface area contributed by atoms with E-state index in [1.807, 2.05) is 19.1 Å². The van der Waals surface area contributed by atoms with Crippen molar-refractivity contribution < 1.29 is 9.59 Å². The minimum atomic E-state index is -0.533. The summed E-state index contributed by atoms with van der Waals surface area (Å²) in [6, 6.07) is 10.2. The molecule has 34 heavy (non-hydrogen) atoms. The van der Waals surface area contributed by atoms with Crippen LogP contribution >= 0.6 is 11.3 Å². The topological polar surface area (TPSA) is 144 Å². The third-order valence-corrected chi connectivity index (χ3v) is 6.04. The maximum Gasteiger partial charge on any atom is 0.319 e. The fraction of sp³-hybridized carbons (Fsp3) is 0.174. The normalized spacial score (nSPS) is 10.8. The molecule has 3 heterocycles. The minimum absolute atomic E-state index is 0.0767. The van der Waals surface area contributed by atoms with Crippen LogP contribution in [0.2, 0.25) is 0 Å². The molecule has 0 aliphatic heterocycles. The van der Waals surface area contributed by atoms with Crippen LogP contribution in [0.25, 0.3) is 22.3 Å². The minimum Gasteiger partial charge on any atom is -0.384 e. The molecule has 1 aromatic carbocycles. The summed E-state index contributed by atoms with van der Waals surface area (Å²) in [4.78, 5) is 46.8. The summed E-state index contributed by atoms with van der Waals surface area (Å²) in [5.74, 6) is -0.456. The molecule has 0 bridgehead atoms. The lowest BCUT2D eigenvalue weighted by molar-refractivity contribution is 0.0962. The number of amides is 3. The highest BCUT2D eigenvalue weighted by Gasteiger charge is 2.20. The number of aromatic nitrogens is 3. The first-order valence-corrected chi connectivity index (χ1v) is 11.4. The highest BCUT2D eigenvalue weighted by Crippen LogP contribution is 2.24. The molecule has 3 amide bonds. The van der Waals surface area contributed by atoms with Gasteiger partial charge in [-0.05, 0) is 31.2 Å². The van der Waals surface area contributed by atoms with Crippen LogP contribution in [0, 0.1) is 0 Å². The Morgan fingerprint density at radius 3 is 2.56 bits per heavy atom. The zero-order chi connectivity index (χ0) is 24.2. The number of pyridine rings is 2. The van der Waals surface area contributed by atoms with Crippen molar-refractivity contribution in [2.75, 3.05) is 18.1 Å². The van der Waals surface area contributed by atoms with Crippen molar-refractivity contribution in [2.24, 2.45) is 0 Å². The van der Waals surface area contributed by atoms with Crippen molar-refractivity contribution in [2.45, 2.75) is 20.0 Å². The van der Waals surface area contributed by atoms with E-state index in [2.05, 4.69) is 25.9 Å². The molecule has 0 aliphatic carbocycles. The van der Waals surface area contributed by atoms with Crippen LogP contribution in [0.15, 0.2) is 52.9 Å². The second-order valence-corrected chi connectivity index (χ2v) is 8.30. The largest absolute Gasteiger partial charge is 0.384 e. The van der Waals surface area contributed by atoms with E-state index >= 15 is 0 Å². The van der Waals surface area contributed by atoms with Gasteiger partial charge in [-0.2, -0.15) is 0 Å². The summed E-state index contributed by atoms with van der Waals surface area (Å²) >= 11 is 1.47. The van der Waals surface area contributed by atoms with Crippen LogP contribution < -0.4 is 27.1 Å². The number of hydrogen-bond acceptors (Lipinski definition) is 7. The third kappa shape index (κ3) is 4.46. The Morgan fingerprint density at radius 1 is 1.15 bits per heavy atom. The molecule has 0 aliphatic rings. The Kier molecular flexibility index (Phi) is 6.55. The van der Waals surface area contributed by atoms with Crippen LogP contribution in [0.3, 0.4) is 0 Å². The zero-order valence-electron chi connectivity index (χ0n) is 18.6. The van der Waals surface area contributed by atoms with E-state index in [1.165, 1.54) is 18.4 Å². The number of carbonyl (C=O) groups is 2. The first-order valence-electron chi connectivity index (χ1n) is 10.5. The first kappa shape index (κ1) is 22.9. The van der Waals surface area contributed by atoms with Crippen LogP contribution in [-0.2, 0) is 13.1 Å². The molecule has 3 aromatic heterocycles. The number of rotatable bonds is 6. The van der Waals surface area contributed by atoms with Crippen molar-refractivity contribution in [3.8, 4) is 11.3 Å². The highest BCUT2D eigenvalue weighted by atomic mass is 32.1. The smallest absolute Gasteiger partial charge is 0.319 e. The van der Waals surface area contributed by atoms with Crippen LogP contribution in [0.4, 0.5) is 16.3 Å². The number of nitrogen functional groups attached to an aromatic ring is 1. The Bertz CT molecular complexity index is 1410. The summed E-state index contributed by atoms with van der Waals surface area (Å²) in [7, 11) is 1.45. The van der Waals surface area contributed by atoms with Crippen molar-refractivity contribution in [1.82, 2.24) is 25.2 Å². The fourth-order valence-electron chi connectivity index (χ4n) is 3.55. The SMILES string of the molecule is CCn1c(N)c(C(=O)NC)c(=O)c2ccc(-c3ccc(NC(=O)NCc4cncs4)cc3)nc21. The van der Waals surface area contributed by atoms with Crippen molar-refractivity contribution in [3.05, 3.63) is 68.8 Å². The Hall–Kier alpha value is -4.25. The molecule has 0 radical (unpaired) electrons. The zero-order valence-corrected chi connectivity index (χ0v) is 19.4. The fourth-order valence-corrected chi connectivity index (χ4v) is 4.09. The lowest BCUT2D eigenvalue weighted by atomic mass is 10.1. The van der Waals surface area contributed by atoms with Crippen molar-refractivity contribution >= 4 is 45.8 Å². The molecule has 5 N–H and O–H groups in total. The molecule has 0 saturated carbocycles. The first-order chi connectivity index (χ1) is 16.4. The standard InChI is InChI=1S/C23H23N7O3S/c1-3-30-20(24)18(22(32)25-2)19(31)16-8-9-17(29-21(16)30)13-4-6-14(7-5-13)28-23(33)27-11-15-10-26-12-34-15/h4-10,12H,3,11,24H2,1-2H3,(H,25,32)(H2,27,28,33). The Labute approximate surface area is 198 Å². The van der Waals surface area contributed by atoms with Gasteiger partial charge < -0.3 is 26.3 Å². The average molecular weight is 478 g/mol. The summed E-state index contributed by atoms with van der Waals surface area (Å²) in [6.07, 6.45) is 1.71. The number of hydrogen-bond donors (Lipinski definition) is 4. The number of nitrogens with zero attached hydrogens (tertiary/aromatic N) is 3. The van der Waals surface area contributed by atoms with E-state index in [4.69, 9.17) is 5.73 Å². The van der Waals surface area contributed by atoms with Gasteiger partial charge >= 0.3 is 6.03 Å². The number of carbonyl (C=O) groups excluding carboxylic acids is 2. The summed E-state index contributed by atoms with van der Waals surface area (Å²) in [6.45, 7) is 2.70. The van der Waals surface area contributed by atoms with Gasteiger partial charge in [0.1, 0.15) is 17.0 Å². The molecular weight excluding hydrogens is 454 g/mol. The number of anilines is 2. The number of nitrogens with two attached hydrogens (primary N) is 1. The maximum absolute atomic E-state index is 12.9. The Balaban J connectivity index is 1.59. The summed E-state index contributed by atoms with van der Waals surface area (Å²) in [5.41, 5.74) is 9.77. The summed E-state index contributed by atoms with van der Waals surface area (Å²) < 4.78 is 1.65. The molecule has 174 valence electrons. The molecule has 0 unspecified atom stereocenters. The molecular formula is C23H23N7O3S. The third-order valence-electron chi connectivity index (χ3n) is 5.26. The van der Waals surface area contributed by atoms with E-state index < -0.39 is 11.3 Å². The van der Waals surface area contributed by atoms with Gasteiger partial charge in [-0.1, -0.05) is 12.1 Å².